The van der Waals surface area contributed by atoms with Crippen molar-refractivity contribution in [2.24, 2.45) is 11.5 Å². The third-order valence-electron chi connectivity index (χ3n) is 3.42. The van der Waals surface area contributed by atoms with Crippen LogP contribution in [0.4, 0.5) is 9.59 Å². The molecule has 0 aromatic heterocycles. The Morgan fingerprint density at radius 2 is 0.966 bits per heavy atom. The fraction of sp³-hybridized carbons (Fsp3) is 0.789. The molecule has 0 atom stereocenters. The Morgan fingerprint density at radius 3 is 1.21 bits per heavy atom. The number of primary amides is 2. The molecule has 29 heavy (non-hydrogen) atoms. The molecule has 10 heteroatoms. The average Bonchev–Trinajstić information content (AvgIpc) is 2.49. The van der Waals surface area contributed by atoms with Crippen LogP contribution in [0.2, 0.25) is 0 Å². The number of ether oxygens (including phenoxy) is 2. The Labute approximate surface area is 172 Å². The first kappa shape index (κ1) is 26.5. The minimum absolute atomic E-state index is 0.00328. The zero-order chi connectivity index (χ0) is 22.8. The lowest BCUT2D eigenvalue weighted by molar-refractivity contribution is -0.119. The second-order valence-corrected chi connectivity index (χ2v) is 8.72. The SMILES string of the molecule is CC(C)(C)OC(=O)N(CCCN(CCC(N)=O)C(=O)OC(C)(C)C)CCC(N)=O. The van der Waals surface area contributed by atoms with E-state index < -0.39 is 35.2 Å². The predicted molar refractivity (Wildman–Crippen MR) is 108 cm³/mol. The van der Waals surface area contributed by atoms with Gasteiger partial charge in [0, 0.05) is 39.0 Å². The molecule has 0 fully saturated rings. The number of nitrogens with two attached hydrogens (primary N) is 2. The molecule has 4 N–H and O–H groups in total. The molecule has 0 aliphatic rings. The molecular weight excluding hydrogens is 380 g/mol. The second kappa shape index (κ2) is 11.5. The summed E-state index contributed by atoms with van der Waals surface area (Å²) in [6.45, 7) is 11.1. The Balaban J connectivity index is 4.99. The summed E-state index contributed by atoms with van der Waals surface area (Å²) in [5.41, 5.74) is 8.98. The van der Waals surface area contributed by atoms with Gasteiger partial charge < -0.3 is 30.7 Å². The van der Waals surface area contributed by atoms with Crippen molar-refractivity contribution in [1.82, 2.24) is 9.80 Å². The van der Waals surface area contributed by atoms with Gasteiger partial charge in [0.15, 0.2) is 0 Å². The molecule has 0 aliphatic carbocycles. The van der Waals surface area contributed by atoms with E-state index in [0.29, 0.717) is 6.42 Å². The van der Waals surface area contributed by atoms with Gasteiger partial charge in [0.25, 0.3) is 0 Å². The molecule has 0 bridgehead atoms. The van der Waals surface area contributed by atoms with Gasteiger partial charge in [-0.05, 0) is 48.0 Å². The summed E-state index contributed by atoms with van der Waals surface area (Å²) < 4.78 is 10.7. The highest BCUT2D eigenvalue weighted by molar-refractivity contribution is 5.75. The van der Waals surface area contributed by atoms with Crippen LogP contribution < -0.4 is 11.5 Å². The van der Waals surface area contributed by atoms with Crippen LogP contribution >= 0.6 is 0 Å². The van der Waals surface area contributed by atoms with E-state index in [9.17, 15) is 19.2 Å². The quantitative estimate of drug-likeness (QED) is 0.553. The van der Waals surface area contributed by atoms with E-state index in [4.69, 9.17) is 20.9 Å². The number of hydrogen-bond acceptors (Lipinski definition) is 6. The lowest BCUT2D eigenvalue weighted by Gasteiger charge is -2.29. The fourth-order valence-electron chi connectivity index (χ4n) is 2.18. The molecule has 4 amide bonds. The summed E-state index contributed by atoms with van der Waals surface area (Å²) in [4.78, 5) is 49.7. The van der Waals surface area contributed by atoms with Crippen LogP contribution in [0.3, 0.4) is 0 Å². The first-order chi connectivity index (χ1) is 13.1. The third-order valence-corrected chi connectivity index (χ3v) is 3.42. The summed E-state index contributed by atoms with van der Waals surface area (Å²) >= 11 is 0. The van der Waals surface area contributed by atoms with Crippen LogP contribution in [-0.4, -0.2) is 71.2 Å². The maximum absolute atomic E-state index is 12.4. The fourth-order valence-corrected chi connectivity index (χ4v) is 2.18. The van der Waals surface area contributed by atoms with Crippen molar-refractivity contribution in [3.63, 3.8) is 0 Å². The standard InChI is InChI=1S/C19H36N4O6/c1-18(2,3)28-16(26)22(12-8-14(20)24)10-7-11-23(13-9-15(21)25)17(27)29-19(4,5)6/h7-13H2,1-6H3,(H2,20,24)(H2,21,25). The van der Waals surface area contributed by atoms with E-state index >= 15 is 0 Å². The van der Waals surface area contributed by atoms with E-state index in [0.717, 1.165) is 0 Å². The van der Waals surface area contributed by atoms with Crippen LogP contribution in [0.15, 0.2) is 0 Å². The topological polar surface area (TPSA) is 145 Å². The Morgan fingerprint density at radius 1 is 0.655 bits per heavy atom. The van der Waals surface area contributed by atoms with Crippen LogP contribution in [0.5, 0.6) is 0 Å². The zero-order valence-electron chi connectivity index (χ0n) is 18.4. The molecule has 0 rings (SSSR count). The van der Waals surface area contributed by atoms with Gasteiger partial charge in [-0.2, -0.15) is 0 Å². The summed E-state index contributed by atoms with van der Waals surface area (Å²) in [5, 5.41) is 0. The molecule has 0 spiro atoms. The maximum atomic E-state index is 12.4. The van der Waals surface area contributed by atoms with Gasteiger partial charge in [-0.3, -0.25) is 9.59 Å². The van der Waals surface area contributed by atoms with Crippen LogP contribution in [0.25, 0.3) is 0 Å². The number of nitrogens with zero attached hydrogens (tertiary/aromatic N) is 2. The molecule has 168 valence electrons. The molecule has 0 saturated carbocycles. The number of hydrogen-bond donors (Lipinski definition) is 2. The highest BCUT2D eigenvalue weighted by atomic mass is 16.6. The van der Waals surface area contributed by atoms with Gasteiger partial charge in [-0.1, -0.05) is 0 Å². The molecule has 10 nitrogen and oxygen atoms in total. The molecule has 0 aromatic carbocycles. The number of carbonyl (C=O) groups excluding carboxylic acids is 4. The summed E-state index contributed by atoms with van der Waals surface area (Å²) in [6, 6.07) is 0. The monoisotopic (exact) mass is 416 g/mol. The van der Waals surface area contributed by atoms with Crippen molar-refractivity contribution in [2.75, 3.05) is 26.2 Å². The minimum Gasteiger partial charge on any atom is -0.444 e. The smallest absolute Gasteiger partial charge is 0.410 e. The van der Waals surface area contributed by atoms with E-state index in [2.05, 4.69) is 0 Å². The van der Waals surface area contributed by atoms with Crippen LogP contribution in [0.1, 0.15) is 60.8 Å². The maximum Gasteiger partial charge on any atom is 0.410 e. The van der Waals surface area contributed by atoms with Crippen LogP contribution in [-0.2, 0) is 19.1 Å². The molecular formula is C19H36N4O6. The van der Waals surface area contributed by atoms with Gasteiger partial charge >= 0.3 is 12.2 Å². The number of amides is 4. The molecule has 0 radical (unpaired) electrons. The molecule has 0 unspecified atom stereocenters. The Bertz CT molecular complexity index is 530. The highest BCUT2D eigenvalue weighted by Gasteiger charge is 2.25. The van der Waals surface area contributed by atoms with E-state index in [1.165, 1.54) is 9.80 Å². The minimum atomic E-state index is -0.688. The van der Waals surface area contributed by atoms with E-state index in [1.54, 1.807) is 41.5 Å². The molecule has 0 heterocycles. The third kappa shape index (κ3) is 14.2. The Kier molecular flexibility index (Phi) is 10.5. The van der Waals surface area contributed by atoms with Crippen molar-refractivity contribution in [3.05, 3.63) is 0 Å². The van der Waals surface area contributed by atoms with Crippen molar-refractivity contribution in [2.45, 2.75) is 72.0 Å². The van der Waals surface area contributed by atoms with Crippen molar-refractivity contribution < 1.29 is 28.7 Å². The van der Waals surface area contributed by atoms with Gasteiger partial charge in [-0.25, -0.2) is 9.59 Å². The number of carbonyl (C=O) groups is 4. The second-order valence-electron chi connectivity index (χ2n) is 8.72. The van der Waals surface area contributed by atoms with E-state index in [-0.39, 0.29) is 39.0 Å². The largest absolute Gasteiger partial charge is 0.444 e. The average molecular weight is 417 g/mol. The van der Waals surface area contributed by atoms with Gasteiger partial charge in [0.1, 0.15) is 11.2 Å². The molecule has 0 saturated heterocycles. The normalized spacial score (nSPS) is 11.5. The highest BCUT2D eigenvalue weighted by Crippen LogP contribution is 2.13. The lowest BCUT2D eigenvalue weighted by atomic mass is 10.2. The summed E-state index contributed by atoms with van der Waals surface area (Å²) in [7, 11) is 0. The zero-order valence-corrected chi connectivity index (χ0v) is 18.4. The first-order valence-corrected chi connectivity index (χ1v) is 9.63. The van der Waals surface area contributed by atoms with Crippen LogP contribution in [0, 0.1) is 0 Å². The number of rotatable bonds is 10. The van der Waals surface area contributed by atoms with E-state index in [1.807, 2.05) is 0 Å². The Hall–Kier alpha value is -2.52. The van der Waals surface area contributed by atoms with Gasteiger partial charge in [0.2, 0.25) is 11.8 Å². The molecule has 0 aliphatic heterocycles. The summed E-state index contributed by atoms with van der Waals surface area (Å²) in [5.74, 6) is -1.06. The van der Waals surface area contributed by atoms with Gasteiger partial charge in [-0.15, -0.1) is 0 Å². The summed E-state index contributed by atoms with van der Waals surface area (Å²) in [6.07, 6.45) is -0.761. The predicted octanol–water partition coefficient (Wildman–Crippen LogP) is 1.60. The first-order valence-electron chi connectivity index (χ1n) is 9.63. The lowest BCUT2D eigenvalue weighted by Crippen LogP contribution is -2.42. The van der Waals surface area contributed by atoms with Gasteiger partial charge in [0.05, 0.1) is 0 Å². The van der Waals surface area contributed by atoms with Crippen molar-refractivity contribution in [3.8, 4) is 0 Å². The van der Waals surface area contributed by atoms with Crippen molar-refractivity contribution in [1.29, 1.82) is 0 Å². The molecule has 0 aromatic rings. The van der Waals surface area contributed by atoms with Crippen molar-refractivity contribution >= 4 is 24.0 Å².